The van der Waals surface area contributed by atoms with E-state index in [1.165, 1.54) is 24.3 Å². The lowest BCUT2D eigenvalue weighted by atomic mass is 9.90. The molecule has 3 aromatic rings. The van der Waals surface area contributed by atoms with Gasteiger partial charge in [-0.3, -0.25) is 0 Å². The minimum atomic E-state index is -4.56. The Kier molecular flexibility index (Phi) is 8.96. The van der Waals surface area contributed by atoms with Gasteiger partial charge in [-0.15, -0.1) is 18.7 Å². The number of hydrogen-bond donors (Lipinski definition) is 0. The summed E-state index contributed by atoms with van der Waals surface area (Å²) in [6.07, 6.45) is 11.5. The molecule has 4 rings (SSSR count). The van der Waals surface area contributed by atoms with Crippen LogP contribution in [0.2, 0.25) is 0 Å². The SMILES string of the molecule is C#Cc1ccc(-n2cc(C(C=C)(CC(=C)C)OC)cn2)c(OC2=CC(=C)C(C)=C=CC(c3ccccc3C(F)(F)F)=C2)c1. The lowest BCUT2D eigenvalue weighted by Gasteiger charge is -2.28. The molecule has 7 heteroatoms. The Balaban J connectivity index is 1.84. The fourth-order valence-electron chi connectivity index (χ4n) is 4.68. The van der Waals surface area contributed by atoms with Crippen molar-refractivity contribution in [3.8, 4) is 23.8 Å². The summed E-state index contributed by atoms with van der Waals surface area (Å²) in [4.78, 5) is 0. The number of rotatable bonds is 9. The minimum absolute atomic E-state index is 0.00975. The highest BCUT2D eigenvalue weighted by atomic mass is 19.4. The molecule has 0 fully saturated rings. The van der Waals surface area contributed by atoms with E-state index >= 15 is 0 Å². The zero-order valence-electron chi connectivity index (χ0n) is 24.3. The predicted octanol–water partition coefficient (Wildman–Crippen LogP) is 8.88. The van der Waals surface area contributed by atoms with E-state index < -0.39 is 17.3 Å². The quantitative estimate of drug-likeness (QED) is 0.144. The van der Waals surface area contributed by atoms with Crippen LogP contribution in [0.15, 0.2) is 127 Å². The van der Waals surface area contributed by atoms with E-state index in [1.807, 2.05) is 6.92 Å². The van der Waals surface area contributed by atoms with E-state index in [9.17, 15) is 13.2 Å². The average Bonchev–Trinajstić information content (AvgIpc) is 3.47. The highest BCUT2D eigenvalue weighted by Gasteiger charge is 2.34. The molecule has 43 heavy (non-hydrogen) atoms. The molecule has 1 atom stereocenters. The van der Waals surface area contributed by atoms with Gasteiger partial charge in [-0.25, -0.2) is 4.68 Å². The molecule has 2 aromatic carbocycles. The predicted molar refractivity (Wildman–Crippen MR) is 164 cm³/mol. The normalized spacial score (nSPS) is 14.8. The van der Waals surface area contributed by atoms with E-state index in [-0.39, 0.29) is 16.9 Å². The molecule has 1 aliphatic carbocycles. The zero-order chi connectivity index (χ0) is 31.4. The van der Waals surface area contributed by atoms with Gasteiger partial charge in [0.1, 0.15) is 17.0 Å². The van der Waals surface area contributed by atoms with Gasteiger partial charge >= 0.3 is 6.18 Å². The Labute approximate surface area is 250 Å². The maximum Gasteiger partial charge on any atom is 0.417 e. The molecule has 4 nitrogen and oxygen atoms in total. The molecular weight excluding hydrogens is 549 g/mol. The van der Waals surface area contributed by atoms with Gasteiger partial charge in [0.25, 0.3) is 0 Å². The van der Waals surface area contributed by atoms with Crippen LogP contribution in [0.4, 0.5) is 13.2 Å². The van der Waals surface area contributed by atoms with E-state index in [0.717, 1.165) is 17.2 Å². The van der Waals surface area contributed by atoms with Gasteiger partial charge < -0.3 is 9.47 Å². The van der Waals surface area contributed by atoms with E-state index in [4.69, 9.17) is 15.9 Å². The summed E-state index contributed by atoms with van der Waals surface area (Å²) in [5.74, 6) is 3.18. The number of ether oxygens (including phenoxy) is 2. The van der Waals surface area contributed by atoms with Crippen LogP contribution in [0.25, 0.3) is 11.3 Å². The van der Waals surface area contributed by atoms with Crippen molar-refractivity contribution in [1.82, 2.24) is 9.78 Å². The molecule has 1 aromatic heterocycles. The minimum Gasteiger partial charge on any atom is -0.455 e. The highest BCUT2D eigenvalue weighted by molar-refractivity contribution is 5.79. The average molecular weight is 581 g/mol. The molecule has 1 heterocycles. The number of allylic oxidation sites excluding steroid dienone is 5. The van der Waals surface area contributed by atoms with Gasteiger partial charge in [0.05, 0.1) is 11.8 Å². The Bertz CT molecular complexity index is 1770. The second-order valence-corrected chi connectivity index (χ2v) is 10.2. The largest absolute Gasteiger partial charge is 0.455 e. The lowest BCUT2D eigenvalue weighted by molar-refractivity contribution is -0.137. The number of halogens is 3. The summed E-state index contributed by atoms with van der Waals surface area (Å²) in [7, 11) is 1.60. The van der Waals surface area contributed by atoms with Crippen LogP contribution in [-0.2, 0) is 16.5 Å². The van der Waals surface area contributed by atoms with Crippen molar-refractivity contribution in [2.75, 3.05) is 7.11 Å². The van der Waals surface area contributed by atoms with Crippen LogP contribution >= 0.6 is 0 Å². The number of benzene rings is 2. The maximum absolute atomic E-state index is 13.9. The molecule has 218 valence electrons. The van der Waals surface area contributed by atoms with Crippen LogP contribution < -0.4 is 4.74 Å². The summed E-state index contributed by atoms with van der Waals surface area (Å²) in [6.45, 7) is 15.7. The van der Waals surface area contributed by atoms with Crippen molar-refractivity contribution in [2.45, 2.75) is 32.0 Å². The molecule has 0 saturated heterocycles. The second-order valence-electron chi connectivity index (χ2n) is 10.2. The van der Waals surface area contributed by atoms with Crippen LogP contribution in [0, 0.1) is 12.3 Å². The molecule has 1 unspecified atom stereocenters. The summed E-state index contributed by atoms with van der Waals surface area (Å²) < 4.78 is 55.6. The molecular formula is C36H31F3N2O2. The third-order valence-electron chi connectivity index (χ3n) is 7.01. The molecule has 0 saturated carbocycles. The first kappa shape index (κ1) is 30.9. The summed E-state index contributed by atoms with van der Waals surface area (Å²) in [5, 5.41) is 4.56. The van der Waals surface area contributed by atoms with Gasteiger partial charge in [0.2, 0.25) is 0 Å². The lowest BCUT2D eigenvalue weighted by Crippen LogP contribution is -2.25. The number of aromatic nitrogens is 2. The van der Waals surface area contributed by atoms with Crippen LogP contribution in [0.5, 0.6) is 5.75 Å². The number of nitrogens with zero attached hydrogens (tertiary/aromatic N) is 2. The van der Waals surface area contributed by atoms with Gasteiger partial charge in [-0.2, -0.15) is 18.3 Å². The summed E-state index contributed by atoms with van der Waals surface area (Å²) in [6, 6.07) is 10.5. The van der Waals surface area contributed by atoms with Gasteiger partial charge in [0.15, 0.2) is 5.75 Å². The molecule has 0 spiro atoms. The highest BCUT2D eigenvalue weighted by Crippen LogP contribution is 2.38. The molecule has 0 amide bonds. The topological polar surface area (TPSA) is 36.3 Å². The van der Waals surface area contributed by atoms with Crippen LogP contribution in [-0.4, -0.2) is 16.9 Å². The molecule has 0 radical (unpaired) electrons. The first-order chi connectivity index (χ1) is 20.4. The maximum atomic E-state index is 13.9. The van der Waals surface area contributed by atoms with Crippen molar-refractivity contribution in [3.63, 3.8) is 0 Å². The smallest absolute Gasteiger partial charge is 0.417 e. The van der Waals surface area contributed by atoms with E-state index in [1.54, 1.807) is 67.5 Å². The van der Waals surface area contributed by atoms with Gasteiger partial charge in [-0.1, -0.05) is 48.9 Å². The zero-order valence-corrected chi connectivity index (χ0v) is 24.3. The fraction of sp³-hybridized carbons (Fsp3) is 0.167. The number of terminal acetylenes is 1. The fourth-order valence-corrected chi connectivity index (χ4v) is 4.68. The third-order valence-corrected chi connectivity index (χ3v) is 7.01. The van der Waals surface area contributed by atoms with E-state index in [2.05, 4.69) is 36.5 Å². The summed E-state index contributed by atoms with van der Waals surface area (Å²) >= 11 is 0. The summed E-state index contributed by atoms with van der Waals surface area (Å²) in [5.41, 5.74) is 5.62. The van der Waals surface area contributed by atoms with Gasteiger partial charge in [0, 0.05) is 30.9 Å². The second kappa shape index (κ2) is 12.5. The molecule has 1 aliphatic rings. The molecule has 0 bridgehead atoms. The van der Waals surface area contributed by atoms with Crippen molar-refractivity contribution in [3.05, 3.63) is 149 Å². The number of methoxy groups -OCH3 is 1. The van der Waals surface area contributed by atoms with Crippen molar-refractivity contribution < 1.29 is 22.6 Å². The van der Waals surface area contributed by atoms with Crippen molar-refractivity contribution in [2.24, 2.45) is 0 Å². The molecule has 0 aliphatic heterocycles. The molecule has 0 N–H and O–H groups in total. The Morgan fingerprint density at radius 3 is 2.58 bits per heavy atom. The first-order valence-corrected chi connectivity index (χ1v) is 13.3. The van der Waals surface area contributed by atoms with Crippen molar-refractivity contribution in [1.29, 1.82) is 0 Å². The van der Waals surface area contributed by atoms with Crippen LogP contribution in [0.3, 0.4) is 0 Å². The first-order valence-electron chi connectivity index (χ1n) is 13.3. The third kappa shape index (κ3) is 6.73. The Morgan fingerprint density at radius 2 is 1.93 bits per heavy atom. The van der Waals surface area contributed by atoms with Gasteiger partial charge in [-0.05, 0) is 78.6 Å². The number of hydrogen-bond acceptors (Lipinski definition) is 3. The van der Waals surface area contributed by atoms with Crippen LogP contribution in [0.1, 0.15) is 42.5 Å². The standard InChI is InChI=1S/C36H31F3N2O2/c1-8-27-15-17-33(41-23-29(22-40-41)35(9-2,42-7)21-24(3)4)34(19-27)43-30-18-26(6)25(5)14-16-28(20-30)31-12-10-11-13-32(31)36(37,38)39/h1,9-13,15-20,22-23H,2-3,6,21H2,4-5,7H3. The Morgan fingerprint density at radius 1 is 1.19 bits per heavy atom. The monoisotopic (exact) mass is 580 g/mol. The Hall–Kier alpha value is -5.02. The van der Waals surface area contributed by atoms with Crippen molar-refractivity contribution >= 4 is 5.57 Å². The number of alkyl halides is 3. The van der Waals surface area contributed by atoms with E-state index in [0.29, 0.717) is 34.6 Å².